The lowest BCUT2D eigenvalue weighted by molar-refractivity contribution is 0.102. The van der Waals surface area contributed by atoms with E-state index in [4.69, 9.17) is 9.88 Å². The number of amides is 1. The summed E-state index contributed by atoms with van der Waals surface area (Å²) in [6, 6.07) is 22.3. The molecular formula is C21H20N2O4S. The maximum absolute atomic E-state index is 12.5. The number of carbonyl (C=O) groups excluding carboxylic acids is 1. The predicted molar refractivity (Wildman–Crippen MR) is 108 cm³/mol. The van der Waals surface area contributed by atoms with Crippen molar-refractivity contribution in [1.29, 1.82) is 0 Å². The van der Waals surface area contributed by atoms with Crippen LogP contribution in [0.3, 0.4) is 0 Å². The number of benzene rings is 3. The van der Waals surface area contributed by atoms with Gasteiger partial charge in [0.2, 0.25) is 10.0 Å². The van der Waals surface area contributed by atoms with Crippen molar-refractivity contribution in [2.24, 2.45) is 5.14 Å². The highest BCUT2D eigenvalue weighted by Gasteiger charge is 2.14. The molecule has 1 unspecified atom stereocenters. The van der Waals surface area contributed by atoms with E-state index >= 15 is 0 Å². The lowest BCUT2D eigenvalue weighted by Gasteiger charge is -2.18. The minimum absolute atomic E-state index is 0.0514. The highest BCUT2D eigenvalue weighted by atomic mass is 32.2. The van der Waals surface area contributed by atoms with Crippen LogP contribution in [0.2, 0.25) is 0 Å². The van der Waals surface area contributed by atoms with Crippen molar-refractivity contribution in [3.05, 3.63) is 90.0 Å². The molecule has 0 fully saturated rings. The third kappa shape index (κ3) is 4.76. The SMILES string of the molecule is CC(Oc1ccccc1NC(=O)c1ccc(S(N)(=O)=O)cc1)c1ccccc1. The number of carbonyl (C=O) groups is 1. The molecule has 0 aliphatic rings. The Kier molecular flexibility index (Phi) is 5.77. The van der Waals surface area contributed by atoms with Crippen LogP contribution in [-0.4, -0.2) is 14.3 Å². The maximum atomic E-state index is 12.5. The first kappa shape index (κ1) is 19.6. The molecule has 3 N–H and O–H groups in total. The molecule has 0 aliphatic heterocycles. The first-order valence-electron chi connectivity index (χ1n) is 8.59. The van der Waals surface area contributed by atoms with Gasteiger partial charge in [-0.05, 0) is 48.9 Å². The Hall–Kier alpha value is -3.16. The number of anilines is 1. The standard InChI is InChI=1S/C21H20N2O4S/c1-15(16-7-3-2-4-8-16)27-20-10-6-5-9-19(20)23-21(24)17-11-13-18(14-12-17)28(22,25)26/h2-15H,1H3,(H,23,24)(H2,22,25,26). The summed E-state index contributed by atoms with van der Waals surface area (Å²) < 4.78 is 28.7. The van der Waals surface area contributed by atoms with Gasteiger partial charge in [-0.2, -0.15) is 0 Å². The minimum Gasteiger partial charge on any atom is -0.484 e. The fourth-order valence-corrected chi connectivity index (χ4v) is 3.16. The number of rotatable bonds is 6. The van der Waals surface area contributed by atoms with Crippen molar-refractivity contribution in [2.75, 3.05) is 5.32 Å². The molecule has 0 aromatic heterocycles. The molecule has 3 rings (SSSR count). The average molecular weight is 396 g/mol. The van der Waals surface area contributed by atoms with Crippen LogP contribution in [-0.2, 0) is 10.0 Å². The normalized spacial score (nSPS) is 12.2. The number of hydrogen-bond donors (Lipinski definition) is 2. The maximum Gasteiger partial charge on any atom is 0.255 e. The Morgan fingerprint density at radius 2 is 1.54 bits per heavy atom. The van der Waals surface area contributed by atoms with E-state index in [1.54, 1.807) is 18.2 Å². The number of primary sulfonamides is 1. The summed E-state index contributed by atoms with van der Waals surface area (Å²) >= 11 is 0. The van der Waals surface area contributed by atoms with Gasteiger partial charge in [0, 0.05) is 5.56 Å². The molecule has 0 aliphatic carbocycles. The van der Waals surface area contributed by atoms with Crippen molar-refractivity contribution in [3.8, 4) is 5.75 Å². The zero-order chi connectivity index (χ0) is 20.1. The molecule has 1 amide bonds. The summed E-state index contributed by atoms with van der Waals surface area (Å²) in [5, 5.41) is 7.87. The van der Waals surface area contributed by atoms with Gasteiger partial charge < -0.3 is 10.1 Å². The van der Waals surface area contributed by atoms with Crippen LogP contribution in [0.15, 0.2) is 83.8 Å². The molecule has 28 heavy (non-hydrogen) atoms. The fourth-order valence-electron chi connectivity index (χ4n) is 2.65. The Labute approximate surface area is 164 Å². The van der Waals surface area contributed by atoms with E-state index in [-0.39, 0.29) is 16.9 Å². The number of nitrogens with two attached hydrogens (primary N) is 1. The Balaban J connectivity index is 1.77. The Morgan fingerprint density at radius 1 is 0.929 bits per heavy atom. The molecule has 0 heterocycles. The van der Waals surface area contributed by atoms with Gasteiger partial charge in [0.15, 0.2) is 0 Å². The van der Waals surface area contributed by atoms with E-state index in [1.165, 1.54) is 24.3 Å². The van der Waals surface area contributed by atoms with Crippen LogP contribution < -0.4 is 15.2 Å². The van der Waals surface area contributed by atoms with Gasteiger partial charge in [-0.25, -0.2) is 13.6 Å². The van der Waals surface area contributed by atoms with Crippen molar-refractivity contribution in [2.45, 2.75) is 17.9 Å². The third-order valence-electron chi connectivity index (χ3n) is 4.15. The molecule has 3 aromatic rings. The highest BCUT2D eigenvalue weighted by molar-refractivity contribution is 7.89. The molecule has 0 saturated carbocycles. The van der Waals surface area contributed by atoms with Crippen molar-refractivity contribution in [1.82, 2.24) is 0 Å². The highest BCUT2D eigenvalue weighted by Crippen LogP contribution is 2.29. The van der Waals surface area contributed by atoms with Gasteiger partial charge in [-0.1, -0.05) is 42.5 Å². The third-order valence-corrected chi connectivity index (χ3v) is 5.08. The summed E-state index contributed by atoms with van der Waals surface area (Å²) in [6.07, 6.45) is -0.201. The van der Waals surface area contributed by atoms with Gasteiger partial charge in [-0.15, -0.1) is 0 Å². The van der Waals surface area contributed by atoms with E-state index in [0.717, 1.165) is 5.56 Å². The van der Waals surface area contributed by atoms with Gasteiger partial charge >= 0.3 is 0 Å². The molecular weight excluding hydrogens is 376 g/mol. The van der Waals surface area contributed by atoms with E-state index in [0.29, 0.717) is 17.0 Å². The molecule has 144 valence electrons. The molecule has 1 atom stereocenters. The monoisotopic (exact) mass is 396 g/mol. The van der Waals surface area contributed by atoms with Crippen molar-refractivity contribution >= 4 is 21.6 Å². The summed E-state index contributed by atoms with van der Waals surface area (Å²) in [6.45, 7) is 1.93. The quantitative estimate of drug-likeness (QED) is 0.663. The topological polar surface area (TPSA) is 98.5 Å². The number of para-hydroxylation sites is 2. The Bertz CT molecular complexity index is 1070. The lowest BCUT2D eigenvalue weighted by atomic mass is 10.1. The van der Waals surface area contributed by atoms with E-state index in [2.05, 4.69) is 5.32 Å². The summed E-state index contributed by atoms with van der Waals surface area (Å²) in [7, 11) is -3.80. The largest absolute Gasteiger partial charge is 0.484 e. The predicted octanol–water partition coefficient (Wildman–Crippen LogP) is 3.73. The summed E-state index contributed by atoms with van der Waals surface area (Å²) in [5.41, 5.74) is 1.84. The molecule has 0 radical (unpaired) electrons. The summed E-state index contributed by atoms with van der Waals surface area (Å²) in [5.74, 6) is 0.151. The zero-order valence-corrected chi connectivity index (χ0v) is 16.0. The van der Waals surface area contributed by atoms with Crippen molar-refractivity contribution < 1.29 is 17.9 Å². The minimum atomic E-state index is -3.80. The summed E-state index contributed by atoms with van der Waals surface area (Å²) in [4.78, 5) is 12.5. The van der Waals surface area contributed by atoms with E-state index < -0.39 is 10.0 Å². The van der Waals surface area contributed by atoms with Gasteiger partial charge in [0.25, 0.3) is 5.91 Å². The van der Waals surface area contributed by atoms with Crippen LogP contribution in [0, 0.1) is 0 Å². The van der Waals surface area contributed by atoms with Crippen LogP contribution >= 0.6 is 0 Å². The molecule has 0 saturated heterocycles. The number of hydrogen-bond acceptors (Lipinski definition) is 4. The number of nitrogens with one attached hydrogen (secondary N) is 1. The smallest absolute Gasteiger partial charge is 0.255 e. The second kappa shape index (κ2) is 8.24. The van der Waals surface area contributed by atoms with Gasteiger partial charge in [-0.3, -0.25) is 4.79 Å². The Morgan fingerprint density at radius 3 is 2.18 bits per heavy atom. The second-order valence-electron chi connectivity index (χ2n) is 6.19. The second-order valence-corrected chi connectivity index (χ2v) is 7.75. The van der Waals surface area contributed by atoms with Crippen LogP contribution in [0.5, 0.6) is 5.75 Å². The number of ether oxygens (including phenoxy) is 1. The van der Waals surface area contributed by atoms with Crippen LogP contribution in [0.4, 0.5) is 5.69 Å². The van der Waals surface area contributed by atoms with E-state index in [9.17, 15) is 13.2 Å². The van der Waals surface area contributed by atoms with Crippen molar-refractivity contribution in [3.63, 3.8) is 0 Å². The molecule has 0 spiro atoms. The fraction of sp³-hybridized carbons (Fsp3) is 0.0952. The molecule has 0 bridgehead atoms. The van der Waals surface area contributed by atoms with E-state index in [1.807, 2.05) is 43.3 Å². The molecule has 6 nitrogen and oxygen atoms in total. The average Bonchev–Trinajstić information content (AvgIpc) is 2.69. The number of sulfonamides is 1. The van der Waals surface area contributed by atoms with Crippen LogP contribution in [0.25, 0.3) is 0 Å². The zero-order valence-electron chi connectivity index (χ0n) is 15.2. The van der Waals surface area contributed by atoms with Gasteiger partial charge in [0.05, 0.1) is 10.6 Å². The first-order chi connectivity index (χ1) is 13.3. The van der Waals surface area contributed by atoms with Gasteiger partial charge in [0.1, 0.15) is 11.9 Å². The van der Waals surface area contributed by atoms with Crippen LogP contribution in [0.1, 0.15) is 28.9 Å². The lowest BCUT2D eigenvalue weighted by Crippen LogP contribution is -2.15. The molecule has 7 heteroatoms. The molecule has 3 aromatic carbocycles. The first-order valence-corrected chi connectivity index (χ1v) is 10.1.